The van der Waals surface area contributed by atoms with Crippen molar-refractivity contribution < 1.29 is 9.53 Å². The number of hydrogen-bond donors (Lipinski definition) is 0. The third-order valence-electron chi connectivity index (χ3n) is 5.30. The number of hydrogen-bond acceptors (Lipinski definition) is 4. The molecule has 26 heavy (non-hydrogen) atoms. The minimum atomic E-state index is 0.202. The number of nitrogens with zero attached hydrogens (tertiary/aromatic N) is 4. The largest absolute Gasteiger partial charge is 0.492 e. The number of carbonyl (C=O) groups excluding carboxylic acids is 1. The molecular formula is C20H26N4O2. The third kappa shape index (κ3) is 3.46. The van der Waals surface area contributed by atoms with Gasteiger partial charge in [-0.05, 0) is 32.4 Å². The summed E-state index contributed by atoms with van der Waals surface area (Å²) in [5, 5.41) is 4.59. The minimum absolute atomic E-state index is 0.202. The lowest BCUT2D eigenvalue weighted by atomic mass is 10.2. The number of aromatic nitrogens is 2. The zero-order valence-electron chi connectivity index (χ0n) is 15.5. The third-order valence-corrected chi connectivity index (χ3v) is 5.30. The molecule has 2 aliphatic heterocycles. The summed E-state index contributed by atoms with van der Waals surface area (Å²) in [5.74, 6) is 1.14. The predicted octanol–water partition coefficient (Wildman–Crippen LogP) is 2.17. The molecule has 1 fully saturated rings. The number of likely N-dealkylation sites (tertiary alicyclic amines) is 1. The van der Waals surface area contributed by atoms with Crippen molar-refractivity contribution in [1.29, 1.82) is 0 Å². The molecule has 6 heteroatoms. The van der Waals surface area contributed by atoms with Gasteiger partial charge >= 0.3 is 0 Å². The predicted molar refractivity (Wildman–Crippen MR) is 99.1 cm³/mol. The quantitative estimate of drug-likeness (QED) is 0.848. The highest BCUT2D eigenvalue weighted by molar-refractivity contribution is 5.78. The number of fused-ring (bicyclic) bond motifs is 1. The maximum Gasteiger partial charge on any atom is 0.236 e. The second-order valence-corrected chi connectivity index (χ2v) is 7.32. The van der Waals surface area contributed by atoms with Crippen LogP contribution in [-0.2, 0) is 11.3 Å². The van der Waals surface area contributed by atoms with Gasteiger partial charge in [0.15, 0.2) is 0 Å². The lowest BCUT2D eigenvalue weighted by Crippen LogP contribution is -2.40. The van der Waals surface area contributed by atoms with Crippen LogP contribution in [0.25, 0.3) is 0 Å². The first kappa shape index (κ1) is 17.1. The van der Waals surface area contributed by atoms with Gasteiger partial charge in [-0.1, -0.05) is 18.2 Å². The van der Waals surface area contributed by atoms with E-state index in [0.717, 1.165) is 49.6 Å². The Morgan fingerprint density at radius 1 is 1.27 bits per heavy atom. The summed E-state index contributed by atoms with van der Waals surface area (Å²) < 4.78 is 7.88. The molecule has 1 aromatic carbocycles. The first-order chi connectivity index (χ1) is 12.6. The van der Waals surface area contributed by atoms with Crippen molar-refractivity contribution in [3.8, 4) is 5.75 Å². The Hall–Kier alpha value is -2.34. The zero-order valence-corrected chi connectivity index (χ0v) is 15.5. The summed E-state index contributed by atoms with van der Waals surface area (Å²) in [6.45, 7) is 8.26. The summed E-state index contributed by atoms with van der Waals surface area (Å²) in [6.07, 6.45) is 0.972. The summed E-state index contributed by atoms with van der Waals surface area (Å²) >= 11 is 0. The Labute approximate surface area is 154 Å². The Kier molecular flexibility index (Phi) is 4.68. The number of amides is 1. The smallest absolute Gasteiger partial charge is 0.236 e. The molecule has 1 saturated heterocycles. The average molecular weight is 354 g/mol. The first-order valence-corrected chi connectivity index (χ1v) is 9.34. The number of benzene rings is 1. The van der Waals surface area contributed by atoms with Crippen LogP contribution in [-0.4, -0.2) is 58.3 Å². The van der Waals surface area contributed by atoms with E-state index in [0.29, 0.717) is 19.2 Å². The fraction of sp³-hybridized carbons (Fsp3) is 0.500. The van der Waals surface area contributed by atoms with Crippen molar-refractivity contribution in [3.63, 3.8) is 0 Å². The Morgan fingerprint density at radius 3 is 2.92 bits per heavy atom. The van der Waals surface area contributed by atoms with E-state index >= 15 is 0 Å². The Balaban J connectivity index is 1.37. The molecule has 0 bridgehead atoms. The van der Waals surface area contributed by atoms with Crippen molar-refractivity contribution in [2.24, 2.45) is 0 Å². The van der Waals surface area contributed by atoms with E-state index in [-0.39, 0.29) is 5.91 Å². The molecule has 4 rings (SSSR count). The van der Waals surface area contributed by atoms with Crippen molar-refractivity contribution in [2.75, 3.05) is 32.8 Å². The second-order valence-electron chi connectivity index (χ2n) is 7.32. The van der Waals surface area contributed by atoms with Gasteiger partial charge in [0.25, 0.3) is 0 Å². The SMILES string of the molecule is Cc1cc(C)n(C2CCN(C(=O)CN3CCOc4ccccc4C3)C2)n1. The van der Waals surface area contributed by atoms with Crippen LogP contribution in [0.4, 0.5) is 0 Å². The molecule has 1 atom stereocenters. The maximum atomic E-state index is 12.8. The molecule has 0 radical (unpaired) electrons. The Morgan fingerprint density at radius 2 is 2.12 bits per heavy atom. The summed E-state index contributed by atoms with van der Waals surface area (Å²) in [7, 11) is 0. The van der Waals surface area contributed by atoms with E-state index in [4.69, 9.17) is 4.74 Å². The zero-order chi connectivity index (χ0) is 18.1. The van der Waals surface area contributed by atoms with Crippen LogP contribution in [0.2, 0.25) is 0 Å². The molecule has 138 valence electrons. The lowest BCUT2D eigenvalue weighted by Gasteiger charge is -2.23. The number of rotatable bonds is 3. The number of ether oxygens (including phenoxy) is 1. The van der Waals surface area contributed by atoms with E-state index in [1.165, 1.54) is 5.69 Å². The Bertz CT molecular complexity index is 801. The molecule has 0 saturated carbocycles. The molecule has 2 aliphatic rings. The highest BCUT2D eigenvalue weighted by Crippen LogP contribution is 2.25. The molecule has 1 aromatic heterocycles. The second kappa shape index (κ2) is 7.11. The van der Waals surface area contributed by atoms with Gasteiger partial charge in [0.1, 0.15) is 12.4 Å². The van der Waals surface area contributed by atoms with Crippen molar-refractivity contribution in [2.45, 2.75) is 32.9 Å². The standard InChI is InChI=1S/C20H26N4O2/c1-15-11-16(2)24(21-15)18-7-8-23(13-18)20(25)14-22-9-10-26-19-6-4-3-5-17(19)12-22/h3-6,11,18H,7-10,12-14H2,1-2H3. The van der Waals surface area contributed by atoms with Crippen LogP contribution in [0.3, 0.4) is 0 Å². The van der Waals surface area contributed by atoms with Gasteiger partial charge in [-0.3, -0.25) is 14.4 Å². The van der Waals surface area contributed by atoms with Gasteiger partial charge in [0.2, 0.25) is 5.91 Å². The van der Waals surface area contributed by atoms with Gasteiger partial charge < -0.3 is 9.64 Å². The topological polar surface area (TPSA) is 50.6 Å². The fourth-order valence-electron chi connectivity index (χ4n) is 3.99. The van der Waals surface area contributed by atoms with Crippen LogP contribution >= 0.6 is 0 Å². The molecular weight excluding hydrogens is 328 g/mol. The van der Waals surface area contributed by atoms with Gasteiger partial charge in [-0.15, -0.1) is 0 Å². The normalized spacial score (nSPS) is 20.5. The van der Waals surface area contributed by atoms with Crippen molar-refractivity contribution in [1.82, 2.24) is 19.6 Å². The number of para-hydroxylation sites is 1. The van der Waals surface area contributed by atoms with E-state index in [9.17, 15) is 4.79 Å². The van der Waals surface area contributed by atoms with Gasteiger partial charge in [-0.2, -0.15) is 5.10 Å². The van der Waals surface area contributed by atoms with Gasteiger partial charge in [-0.25, -0.2) is 0 Å². The molecule has 0 spiro atoms. The van der Waals surface area contributed by atoms with Crippen LogP contribution in [0.15, 0.2) is 30.3 Å². The molecule has 0 aliphatic carbocycles. The molecule has 0 N–H and O–H groups in total. The van der Waals surface area contributed by atoms with E-state index in [1.807, 2.05) is 30.0 Å². The van der Waals surface area contributed by atoms with Crippen LogP contribution in [0.1, 0.15) is 29.4 Å². The maximum absolute atomic E-state index is 12.8. The summed E-state index contributed by atoms with van der Waals surface area (Å²) in [5.41, 5.74) is 3.36. The molecule has 2 aromatic rings. The van der Waals surface area contributed by atoms with Crippen LogP contribution in [0.5, 0.6) is 5.75 Å². The highest BCUT2D eigenvalue weighted by atomic mass is 16.5. The summed E-state index contributed by atoms with van der Waals surface area (Å²) in [4.78, 5) is 17.0. The molecule has 6 nitrogen and oxygen atoms in total. The molecule has 1 amide bonds. The monoisotopic (exact) mass is 354 g/mol. The first-order valence-electron chi connectivity index (χ1n) is 9.34. The van der Waals surface area contributed by atoms with Crippen molar-refractivity contribution in [3.05, 3.63) is 47.3 Å². The van der Waals surface area contributed by atoms with E-state index < -0.39 is 0 Å². The number of aryl methyl sites for hydroxylation is 2. The molecule has 1 unspecified atom stereocenters. The van der Waals surface area contributed by atoms with E-state index in [1.54, 1.807) is 0 Å². The average Bonchev–Trinajstić information content (AvgIpc) is 3.16. The molecule has 3 heterocycles. The van der Waals surface area contributed by atoms with Crippen molar-refractivity contribution >= 4 is 5.91 Å². The fourth-order valence-corrected chi connectivity index (χ4v) is 3.99. The highest BCUT2D eigenvalue weighted by Gasteiger charge is 2.30. The lowest BCUT2D eigenvalue weighted by molar-refractivity contribution is -0.131. The number of carbonyl (C=O) groups is 1. The van der Waals surface area contributed by atoms with E-state index in [2.05, 4.69) is 33.7 Å². The minimum Gasteiger partial charge on any atom is -0.492 e. The van der Waals surface area contributed by atoms with Crippen LogP contribution < -0.4 is 4.74 Å². The van der Waals surface area contributed by atoms with Gasteiger partial charge in [0, 0.05) is 37.4 Å². The van der Waals surface area contributed by atoms with Crippen LogP contribution in [0, 0.1) is 13.8 Å². The van der Waals surface area contributed by atoms with Gasteiger partial charge in [0.05, 0.1) is 18.3 Å². The summed E-state index contributed by atoms with van der Waals surface area (Å²) in [6, 6.07) is 10.5.